The predicted molar refractivity (Wildman–Crippen MR) is 55.6 cm³/mol. The standard InChI is InChI=1S/C12H16O2/c1-9(13)8-14-12-6-5-10-3-2-4-11(10)7-12/h5-7,9,13H,2-4,8H2,1H3. The van der Waals surface area contributed by atoms with Crippen LogP contribution >= 0.6 is 0 Å². The van der Waals surface area contributed by atoms with E-state index in [1.54, 1.807) is 6.92 Å². The molecule has 0 spiro atoms. The monoisotopic (exact) mass is 192 g/mol. The Hall–Kier alpha value is -1.02. The summed E-state index contributed by atoms with van der Waals surface area (Å²) in [5, 5.41) is 9.08. The number of ether oxygens (including phenoxy) is 1. The van der Waals surface area contributed by atoms with Crippen molar-refractivity contribution in [2.75, 3.05) is 6.61 Å². The topological polar surface area (TPSA) is 29.5 Å². The van der Waals surface area contributed by atoms with Gasteiger partial charge in [0.1, 0.15) is 12.4 Å². The van der Waals surface area contributed by atoms with Crippen molar-refractivity contribution in [1.82, 2.24) is 0 Å². The van der Waals surface area contributed by atoms with E-state index in [0.29, 0.717) is 6.61 Å². The van der Waals surface area contributed by atoms with Gasteiger partial charge in [-0.2, -0.15) is 0 Å². The molecular formula is C12H16O2. The van der Waals surface area contributed by atoms with Crippen LogP contribution in [-0.2, 0) is 12.8 Å². The first-order valence-electron chi connectivity index (χ1n) is 5.18. The third-order valence-corrected chi connectivity index (χ3v) is 2.56. The van der Waals surface area contributed by atoms with Crippen molar-refractivity contribution in [1.29, 1.82) is 0 Å². The van der Waals surface area contributed by atoms with Crippen molar-refractivity contribution in [3.8, 4) is 5.75 Å². The molecule has 1 aliphatic rings. The zero-order chi connectivity index (χ0) is 9.97. The van der Waals surface area contributed by atoms with Gasteiger partial charge in [-0.25, -0.2) is 0 Å². The van der Waals surface area contributed by atoms with Crippen LogP contribution in [0.5, 0.6) is 5.75 Å². The molecule has 76 valence electrons. The summed E-state index contributed by atoms with van der Waals surface area (Å²) in [6.45, 7) is 2.10. The van der Waals surface area contributed by atoms with Crippen molar-refractivity contribution < 1.29 is 9.84 Å². The van der Waals surface area contributed by atoms with Crippen molar-refractivity contribution in [2.45, 2.75) is 32.3 Å². The van der Waals surface area contributed by atoms with Gasteiger partial charge in [-0.05, 0) is 49.4 Å². The lowest BCUT2D eigenvalue weighted by Gasteiger charge is -2.09. The maximum atomic E-state index is 9.08. The Morgan fingerprint density at radius 3 is 2.93 bits per heavy atom. The molecular weight excluding hydrogens is 176 g/mol. The zero-order valence-corrected chi connectivity index (χ0v) is 8.49. The first kappa shape index (κ1) is 9.53. The summed E-state index contributed by atoms with van der Waals surface area (Å²) in [4.78, 5) is 0. The van der Waals surface area contributed by atoms with E-state index in [4.69, 9.17) is 9.84 Å². The summed E-state index contributed by atoms with van der Waals surface area (Å²) in [6.07, 6.45) is 3.23. The van der Waals surface area contributed by atoms with Crippen molar-refractivity contribution in [3.05, 3.63) is 29.3 Å². The maximum Gasteiger partial charge on any atom is 0.119 e. The van der Waals surface area contributed by atoms with Gasteiger partial charge in [-0.15, -0.1) is 0 Å². The molecule has 14 heavy (non-hydrogen) atoms. The average molecular weight is 192 g/mol. The van der Waals surface area contributed by atoms with Crippen molar-refractivity contribution in [2.24, 2.45) is 0 Å². The van der Waals surface area contributed by atoms with Gasteiger partial charge in [0, 0.05) is 0 Å². The van der Waals surface area contributed by atoms with Crippen LogP contribution < -0.4 is 4.74 Å². The van der Waals surface area contributed by atoms with E-state index in [1.165, 1.54) is 30.4 Å². The Kier molecular flexibility index (Phi) is 2.73. The van der Waals surface area contributed by atoms with E-state index < -0.39 is 6.10 Å². The number of aryl methyl sites for hydroxylation is 2. The lowest BCUT2D eigenvalue weighted by atomic mass is 10.1. The molecule has 1 aromatic carbocycles. The first-order chi connectivity index (χ1) is 6.75. The Balaban J connectivity index is 2.05. The average Bonchev–Trinajstić information content (AvgIpc) is 2.61. The molecule has 1 unspecified atom stereocenters. The van der Waals surface area contributed by atoms with E-state index in [1.807, 2.05) is 6.07 Å². The number of aliphatic hydroxyl groups excluding tert-OH is 1. The zero-order valence-electron chi connectivity index (χ0n) is 8.49. The Bertz CT molecular complexity index is 318. The van der Waals surface area contributed by atoms with Crippen LogP contribution in [0.4, 0.5) is 0 Å². The largest absolute Gasteiger partial charge is 0.491 e. The molecule has 1 atom stereocenters. The molecule has 0 heterocycles. The summed E-state index contributed by atoms with van der Waals surface area (Å²) in [7, 11) is 0. The Labute approximate surface area is 84.5 Å². The molecule has 0 saturated heterocycles. The summed E-state index contributed by atoms with van der Waals surface area (Å²) in [5.74, 6) is 0.881. The van der Waals surface area contributed by atoms with Gasteiger partial charge in [0.15, 0.2) is 0 Å². The highest BCUT2D eigenvalue weighted by atomic mass is 16.5. The molecule has 1 aromatic rings. The summed E-state index contributed by atoms with van der Waals surface area (Å²) in [5.41, 5.74) is 2.86. The number of hydrogen-bond donors (Lipinski definition) is 1. The van der Waals surface area contributed by atoms with Crippen molar-refractivity contribution in [3.63, 3.8) is 0 Å². The second kappa shape index (κ2) is 4.01. The van der Waals surface area contributed by atoms with Crippen LogP contribution in [-0.4, -0.2) is 17.8 Å². The highest BCUT2D eigenvalue weighted by molar-refractivity contribution is 5.38. The number of benzene rings is 1. The van der Waals surface area contributed by atoms with Gasteiger partial charge in [-0.3, -0.25) is 0 Å². The second-order valence-corrected chi connectivity index (χ2v) is 3.94. The smallest absolute Gasteiger partial charge is 0.119 e. The van der Waals surface area contributed by atoms with Crippen LogP contribution in [0.1, 0.15) is 24.5 Å². The second-order valence-electron chi connectivity index (χ2n) is 3.94. The fraction of sp³-hybridized carbons (Fsp3) is 0.500. The molecule has 0 amide bonds. The molecule has 0 aromatic heterocycles. The van der Waals surface area contributed by atoms with Crippen LogP contribution in [0.15, 0.2) is 18.2 Å². The molecule has 0 saturated carbocycles. The predicted octanol–water partition coefficient (Wildman–Crippen LogP) is 1.93. The normalized spacial score (nSPS) is 16.4. The fourth-order valence-electron chi connectivity index (χ4n) is 1.85. The van der Waals surface area contributed by atoms with E-state index in [9.17, 15) is 0 Å². The highest BCUT2D eigenvalue weighted by Gasteiger charge is 2.11. The minimum absolute atomic E-state index is 0.374. The molecule has 1 N–H and O–H groups in total. The number of fused-ring (bicyclic) bond motifs is 1. The van der Waals surface area contributed by atoms with Gasteiger partial charge in [0.25, 0.3) is 0 Å². The Morgan fingerprint density at radius 1 is 1.36 bits per heavy atom. The van der Waals surface area contributed by atoms with Crippen LogP contribution in [0.3, 0.4) is 0 Å². The minimum Gasteiger partial charge on any atom is -0.491 e. The SMILES string of the molecule is CC(O)COc1ccc2c(c1)CCC2. The summed E-state index contributed by atoms with van der Waals surface area (Å²) < 4.78 is 5.44. The molecule has 2 nitrogen and oxygen atoms in total. The molecule has 0 radical (unpaired) electrons. The van der Waals surface area contributed by atoms with Gasteiger partial charge in [0.2, 0.25) is 0 Å². The fourth-order valence-corrected chi connectivity index (χ4v) is 1.85. The third kappa shape index (κ3) is 2.07. The van der Waals surface area contributed by atoms with Crippen LogP contribution in [0.25, 0.3) is 0 Å². The Morgan fingerprint density at radius 2 is 2.14 bits per heavy atom. The van der Waals surface area contributed by atoms with E-state index in [0.717, 1.165) is 5.75 Å². The maximum absolute atomic E-state index is 9.08. The quantitative estimate of drug-likeness (QED) is 0.793. The van der Waals surface area contributed by atoms with Crippen molar-refractivity contribution >= 4 is 0 Å². The van der Waals surface area contributed by atoms with E-state index in [-0.39, 0.29) is 0 Å². The highest BCUT2D eigenvalue weighted by Crippen LogP contribution is 2.25. The molecule has 2 heteroatoms. The molecule has 2 rings (SSSR count). The third-order valence-electron chi connectivity index (χ3n) is 2.56. The molecule has 0 fully saturated rings. The van der Waals surface area contributed by atoms with Gasteiger partial charge in [0.05, 0.1) is 6.10 Å². The van der Waals surface area contributed by atoms with Crippen LogP contribution in [0.2, 0.25) is 0 Å². The first-order valence-corrected chi connectivity index (χ1v) is 5.18. The van der Waals surface area contributed by atoms with Crippen LogP contribution in [0, 0.1) is 0 Å². The molecule has 0 bridgehead atoms. The summed E-state index contributed by atoms with van der Waals surface area (Å²) in [6, 6.07) is 6.23. The molecule has 1 aliphatic carbocycles. The van der Waals surface area contributed by atoms with Gasteiger partial charge < -0.3 is 9.84 Å². The lowest BCUT2D eigenvalue weighted by Crippen LogP contribution is -2.12. The molecule has 0 aliphatic heterocycles. The van der Waals surface area contributed by atoms with Gasteiger partial charge >= 0.3 is 0 Å². The number of hydrogen-bond acceptors (Lipinski definition) is 2. The van der Waals surface area contributed by atoms with E-state index >= 15 is 0 Å². The van der Waals surface area contributed by atoms with E-state index in [2.05, 4.69) is 12.1 Å². The number of rotatable bonds is 3. The lowest BCUT2D eigenvalue weighted by molar-refractivity contribution is 0.122. The number of aliphatic hydroxyl groups is 1. The summed E-state index contributed by atoms with van der Waals surface area (Å²) >= 11 is 0. The van der Waals surface area contributed by atoms with Gasteiger partial charge in [-0.1, -0.05) is 6.07 Å². The minimum atomic E-state index is -0.400.